The van der Waals surface area contributed by atoms with E-state index in [1.807, 2.05) is 0 Å². The molecule has 0 radical (unpaired) electrons. The quantitative estimate of drug-likeness (QED) is 0.859. The Labute approximate surface area is 114 Å². The Morgan fingerprint density at radius 3 is 3.06 bits per heavy atom. The molecule has 1 unspecified atom stereocenters. The number of thiophene rings is 1. The van der Waals surface area contributed by atoms with Gasteiger partial charge in [-0.05, 0) is 24.3 Å². The topological polar surface area (TPSA) is 55.0 Å². The molecule has 1 aliphatic rings. The maximum absolute atomic E-state index is 5.95. The number of aromatic nitrogens is 2. The molecule has 0 bridgehead atoms. The smallest absolute Gasteiger partial charge is 0.223 e. The van der Waals surface area contributed by atoms with Crippen LogP contribution in [0, 0.1) is 0 Å². The standard InChI is InChI=1S/C12H13ClN4S/c13-10-7-11(16-12(14)15-10)17-5-1-3-8(17)9-4-2-6-18-9/h2,4,6-8H,1,3,5H2,(H2,14,15,16). The van der Waals surface area contributed by atoms with E-state index in [9.17, 15) is 0 Å². The van der Waals surface area contributed by atoms with E-state index < -0.39 is 0 Å². The van der Waals surface area contributed by atoms with Crippen LogP contribution in [0.1, 0.15) is 23.8 Å². The number of anilines is 2. The van der Waals surface area contributed by atoms with E-state index in [4.69, 9.17) is 17.3 Å². The van der Waals surface area contributed by atoms with E-state index in [2.05, 4.69) is 32.4 Å². The van der Waals surface area contributed by atoms with Gasteiger partial charge in [0.05, 0.1) is 6.04 Å². The number of hydrogen-bond acceptors (Lipinski definition) is 5. The fourth-order valence-corrected chi connectivity index (χ4v) is 3.45. The number of nitrogens with two attached hydrogens (primary N) is 1. The van der Waals surface area contributed by atoms with Gasteiger partial charge < -0.3 is 10.6 Å². The molecule has 2 aromatic heterocycles. The molecule has 4 nitrogen and oxygen atoms in total. The maximum atomic E-state index is 5.95. The molecule has 0 amide bonds. The maximum Gasteiger partial charge on any atom is 0.223 e. The zero-order valence-corrected chi connectivity index (χ0v) is 11.3. The summed E-state index contributed by atoms with van der Waals surface area (Å²) in [6.45, 7) is 0.981. The third-order valence-electron chi connectivity index (χ3n) is 3.12. The zero-order valence-electron chi connectivity index (χ0n) is 9.71. The Balaban J connectivity index is 1.95. The second kappa shape index (κ2) is 4.74. The van der Waals surface area contributed by atoms with E-state index in [-0.39, 0.29) is 5.95 Å². The van der Waals surface area contributed by atoms with Crippen LogP contribution in [0.2, 0.25) is 5.15 Å². The molecule has 0 spiro atoms. The van der Waals surface area contributed by atoms with Gasteiger partial charge in [0.1, 0.15) is 11.0 Å². The third kappa shape index (κ3) is 2.15. The summed E-state index contributed by atoms with van der Waals surface area (Å²) in [4.78, 5) is 11.8. The molecule has 0 saturated carbocycles. The molecule has 1 aliphatic heterocycles. The van der Waals surface area contributed by atoms with Crippen molar-refractivity contribution in [3.8, 4) is 0 Å². The Hall–Kier alpha value is -1.33. The van der Waals surface area contributed by atoms with Gasteiger partial charge >= 0.3 is 0 Å². The largest absolute Gasteiger partial charge is 0.368 e. The summed E-state index contributed by atoms with van der Waals surface area (Å²) in [7, 11) is 0. The van der Waals surface area contributed by atoms with Crippen molar-refractivity contribution >= 4 is 34.7 Å². The van der Waals surface area contributed by atoms with Crippen molar-refractivity contribution in [2.75, 3.05) is 17.2 Å². The minimum atomic E-state index is 0.231. The average molecular weight is 281 g/mol. The van der Waals surface area contributed by atoms with Crippen LogP contribution >= 0.6 is 22.9 Å². The number of halogens is 1. The lowest BCUT2D eigenvalue weighted by atomic mass is 10.2. The first-order chi connectivity index (χ1) is 8.74. The van der Waals surface area contributed by atoms with E-state index in [0.717, 1.165) is 25.2 Å². The number of nitrogen functional groups attached to an aromatic ring is 1. The molecular formula is C12H13ClN4S. The van der Waals surface area contributed by atoms with Gasteiger partial charge in [0.2, 0.25) is 5.95 Å². The van der Waals surface area contributed by atoms with Crippen molar-refractivity contribution in [1.29, 1.82) is 0 Å². The van der Waals surface area contributed by atoms with E-state index in [1.165, 1.54) is 4.88 Å². The first kappa shape index (κ1) is 11.7. The van der Waals surface area contributed by atoms with E-state index in [1.54, 1.807) is 17.4 Å². The summed E-state index contributed by atoms with van der Waals surface area (Å²) in [5.41, 5.74) is 5.66. The highest BCUT2D eigenvalue weighted by Crippen LogP contribution is 2.37. The van der Waals surface area contributed by atoms with Crippen molar-refractivity contribution in [3.05, 3.63) is 33.6 Å². The molecule has 0 aromatic carbocycles. The summed E-state index contributed by atoms with van der Waals surface area (Å²) in [6.07, 6.45) is 2.30. The highest BCUT2D eigenvalue weighted by atomic mass is 35.5. The van der Waals surface area contributed by atoms with Gasteiger partial charge in [0, 0.05) is 17.5 Å². The lowest BCUT2D eigenvalue weighted by Crippen LogP contribution is -2.23. The van der Waals surface area contributed by atoms with E-state index in [0.29, 0.717) is 11.2 Å². The van der Waals surface area contributed by atoms with Crippen molar-refractivity contribution in [3.63, 3.8) is 0 Å². The molecule has 94 valence electrons. The molecule has 1 fully saturated rings. The summed E-state index contributed by atoms with van der Waals surface area (Å²) < 4.78 is 0. The van der Waals surface area contributed by atoms with Crippen molar-refractivity contribution in [2.45, 2.75) is 18.9 Å². The van der Waals surface area contributed by atoms with Gasteiger partial charge in [-0.2, -0.15) is 4.98 Å². The predicted octanol–water partition coefficient (Wildman–Crippen LogP) is 3.12. The Kier molecular flexibility index (Phi) is 3.09. The molecule has 1 atom stereocenters. The minimum absolute atomic E-state index is 0.231. The minimum Gasteiger partial charge on any atom is -0.368 e. The zero-order chi connectivity index (χ0) is 12.5. The Morgan fingerprint density at radius 2 is 2.33 bits per heavy atom. The molecular weight excluding hydrogens is 268 g/mol. The SMILES string of the molecule is Nc1nc(Cl)cc(N2CCCC2c2cccs2)n1. The van der Waals surface area contributed by atoms with Crippen LogP contribution in [0.15, 0.2) is 23.6 Å². The second-order valence-electron chi connectivity index (χ2n) is 4.27. The number of hydrogen-bond donors (Lipinski definition) is 1. The fourth-order valence-electron chi connectivity index (χ4n) is 2.39. The highest BCUT2D eigenvalue weighted by Gasteiger charge is 2.28. The van der Waals surface area contributed by atoms with Gasteiger partial charge in [-0.15, -0.1) is 11.3 Å². The molecule has 2 aromatic rings. The molecule has 0 aliphatic carbocycles. The first-order valence-corrected chi connectivity index (χ1v) is 7.10. The molecule has 2 N–H and O–H groups in total. The molecule has 6 heteroatoms. The van der Waals surface area contributed by atoms with Crippen LogP contribution in [0.3, 0.4) is 0 Å². The molecule has 3 rings (SSSR count). The lowest BCUT2D eigenvalue weighted by Gasteiger charge is -2.25. The monoisotopic (exact) mass is 280 g/mol. The van der Waals surface area contributed by atoms with Crippen LogP contribution in [0.5, 0.6) is 0 Å². The van der Waals surface area contributed by atoms with Crippen molar-refractivity contribution in [1.82, 2.24) is 9.97 Å². The van der Waals surface area contributed by atoms with Gasteiger partial charge in [-0.25, -0.2) is 4.98 Å². The fraction of sp³-hybridized carbons (Fsp3) is 0.333. The average Bonchev–Trinajstić information content (AvgIpc) is 2.98. The molecule has 1 saturated heterocycles. The highest BCUT2D eigenvalue weighted by molar-refractivity contribution is 7.10. The van der Waals surface area contributed by atoms with Crippen molar-refractivity contribution < 1.29 is 0 Å². The Bertz CT molecular complexity index is 523. The lowest BCUT2D eigenvalue weighted by molar-refractivity contribution is 0.725. The second-order valence-corrected chi connectivity index (χ2v) is 5.64. The third-order valence-corrected chi connectivity index (χ3v) is 4.28. The summed E-state index contributed by atoms with van der Waals surface area (Å²) in [5, 5.41) is 2.50. The van der Waals surface area contributed by atoms with Crippen LogP contribution in [0.4, 0.5) is 11.8 Å². The summed E-state index contributed by atoms with van der Waals surface area (Å²) in [6, 6.07) is 6.41. The summed E-state index contributed by atoms with van der Waals surface area (Å²) in [5.74, 6) is 1.05. The molecule has 18 heavy (non-hydrogen) atoms. The van der Waals surface area contributed by atoms with Crippen LogP contribution < -0.4 is 10.6 Å². The van der Waals surface area contributed by atoms with Gasteiger partial charge in [-0.3, -0.25) is 0 Å². The summed E-state index contributed by atoms with van der Waals surface area (Å²) >= 11 is 7.72. The van der Waals surface area contributed by atoms with Crippen LogP contribution in [-0.2, 0) is 0 Å². The van der Waals surface area contributed by atoms with Crippen molar-refractivity contribution in [2.24, 2.45) is 0 Å². The Morgan fingerprint density at radius 1 is 1.44 bits per heavy atom. The first-order valence-electron chi connectivity index (χ1n) is 5.84. The normalized spacial score (nSPS) is 19.4. The van der Waals surface area contributed by atoms with Gasteiger partial charge in [-0.1, -0.05) is 17.7 Å². The molecule has 3 heterocycles. The predicted molar refractivity (Wildman–Crippen MR) is 75.1 cm³/mol. The van der Waals surface area contributed by atoms with Gasteiger partial charge in [0.25, 0.3) is 0 Å². The van der Waals surface area contributed by atoms with Crippen LogP contribution in [0.25, 0.3) is 0 Å². The van der Waals surface area contributed by atoms with E-state index >= 15 is 0 Å². The van der Waals surface area contributed by atoms with Gasteiger partial charge in [0.15, 0.2) is 0 Å². The number of nitrogens with zero attached hydrogens (tertiary/aromatic N) is 3. The number of rotatable bonds is 2. The van der Waals surface area contributed by atoms with Crippen LogP contribution in [-0.4, -0.2) is 16.5 Å².